The fourth-order valence-corrected chi connectivity index (χ4v) is 6.74. The molecule has 10 nitrogen and oxygen atoms in total. The van der Waals surface area contributed by atoms with Crippen LogP contribution in [0.5, 0.6) is 11.5 Å². The summed E-state index contributed by atoms with van der Waals surface area (Å²) in [4.78, 5) is 22.8. The van der Waals surface area contributed by atoms with Gasteiger partial charge in [0, 0.05) is 23.1 Å². The van der Waals surface area contributed by atoms with Gasteiger partial charge in [0.1, 0.15) is 53.2 Å². The van der Waals surface area contributed by atoms with Crippen LogP contribution in [0.1, 0.15) is 54.2 Å². The second-order valence-electron chi connectivity index (χ2n) is 11.4. The second-order valence-corrected chi connectivity index (χ2v) is 12.4. The van der Waals surface area contributed by atoms with Crippen LogP contribution in [0.25, 0.3) is 21.5 Å². The number of benzene rings is 2. The van der Waals surface area contributed by atoms with Gasteiger partial charge in [-0.2, -0.15) is 0 Å². The highest BCUT2D eigenvalue weighted by Gasteiger charge is 2.49. The van der Waals surface area contributed by atoms with E-state index < -0.39 is 11.1 Å². The molecule has 2 aliphatic rings. The molecule has 12 heteroatoms. The van der Waals surface area contributed by atoms with Crippen LogP contribution in [0, 0.1) is 11.7 Å². The second kappa shape index (κ2) is 10.1. The number of aromatic nitrogens is 5. The SMILES string of the molecule is COc1cc(C(=O)CC[C@](O)(c2cc3c(c(-c4ccc(F)cc4)n2)OC[C@]3(C)n2cnnc2)C2CC2)cc2sc(N)nc12. The predicted molar refractivity (Wildman–Crippen MR) is 159 cm³/mol. The number of halogens is 1. The minimum absolute atomic E-state index is 0.0614. The molecule has 0 unspecified atom stereocenters. The smallest absolute Gasteiger partial charge is 0.181 e. The lowest BCUT2D eigenvalue weighted by molar-refractivity contribution is -0.00117. The van der Waals surface area contributed by atoms with Crippen molar-refractivity contribution in [2.24, 2.45) is 5.92 Å². The molecule has 2 aromatic carbocycles. The van der Waals surface area contributed by atoms with Gasteiger partial charge in [-0.05, 0) is 74.6 Å². The maximum atomic E-state index is 13.9. The Bertz CT molecular complexity index is 1860. The summed E-state index contributed by atoms with van der Waals surface area (Å²) in [6, 6.07) is 11.4. The number of Topliss-reactive ketones (excluding diaryl/α,β-unsaturated/α-hetero) is 1. The quantitative estimate of drug-likeness (QED) is 0.221. The molecule has 1 aliphatic carbocycles. The third kappa shape index (κ3) is 4.61. The summed E-state index contributed by atoms with van der Waals surface area (Å²) in [6.45, 7) is 2.31. The number of ketones is 1. The lowest BCUT2D eigenvalue weighted by Crippen LogP contribution is -2.34. The average molecular weight is 601 g/mol. The maximum absolute atomic E-state index is 13.9. The Labute approximate surface area is 250 Å². The average Bonchev–Trinajstić information content (AvgIpc) is 3.41. The number of nitrogens with zero attached hydrogens (tertiary/aromatic N) is 5. The van der Waals surface area contributed by atoms with Gasteiger partial charge in [-0.25, -0.2) is 14.4 Å². The molecule has 1 saturated carbocycles. The molecule has 0 bridgehead atoms. The van der Waals surface area contributed by atoms with E-state index in [2.05, 4.69) is 15.2 Å². The number of aliphatic hydroxyl groups is 1. The molecule has 0 spiro atoms. The number of carbonyl (C=O) groups excluding carboxylic acids is 1. The first-order valence-corrected chi connectivity index (χ1v) is 14.8. The van der Waals surface area contributed by atoms with Gasteiger partial charge in [0.25, 0.3) is 0 Å². The largest absolute Gasteiger partial charge is 0.494 e. The Morgan fingerprint density at radius 3 is 2.65 bits per heavy atom. The zero-order chi connectivity index (χ0) is 29.9. The van der Waals surface area contributed by atoms with E-state index in [4.69, 9.17) is 20.2 Å². The summed E-state index contributed by atoms with van der Waals surface area (Å²) in [5.41, 5.74) is 7.36. The predicted octanol–water partition coefficient (Wildman–Crippen LogP) is 5.10. The third-order valence-corrected chi connectivity index (χ3v) is 9.44. The van der Waals surface area contributed by atoms with Crippen LogP contribution >= 0.6 is 11.3 Å². The van der Waals surface area contributed by atoms with Gasteiger partial charge in [0.05, 0.1) is 17.5 Å². The summed E-state index contributed by atoms with van der Waals surface area (Å²) in [7, 11) is 1.53. The normalized spacial score (nSPS) is 19.2. The van der Waals surface area contributed by atoms with E-state index in [1.807, 2.05) is 17.6 Å². The fraction of sp³-hybridized carbons (Fsp3) is 0.323. The number of nitrogens with two attached hydrogens (primary N) is 1. The minimum Gasteiger partial charge on any atom is -0.494 e. The van der Waals surface area contributed by atoms with Crippen molar-refractivity contribution in [3.8, 4) is 22.8 Å². The molecule has 0 saturated heterocycles. The molecule has 0 amide bonds. The van der Waals surface area contributed by atoms with Crippen LogP contribution in [0.15, 0.2) is 55.1 Å². The van der Waals surface area contributed by atoms with Crippen molar-refractivity contribution < 1.29 is 23.8 Å². The highest BCUT2D eigenvalue weighted by atomic mass is 32.1. The molecule has 5 aromatic rings. The third-order valence-electron chi connectivity index (χ3n) is 8.60. The van der Waals surface area contributed by atoms with E-state index in [0.717, 1.165) is 23.1 Å². The maximum Gasteiger partial charge on any atom is 0.181 e. The zero-order valence-electron chi connectivity index (χ0n) is 23.6. The van der Waals surface area contributed by atoms with Gasteiger partial charge in [0.15, 0.2) is 16.7 Å². The van der Waals surface area contributed by atoms with Gasteiger partial charge in [-0.15, -0.1) is 10.2 Å². The minimum atomic E-state index is -1.38. The Morgan fingerprint density at radius 2 is 1.95 bits per heavy atom. The number of nitrogen functional groups attached to an aromatic ring is 1. The molecule has 220 valence electrons. The van der Waals surface area contributed by atoms with Crippen LogP contribution in [-0.2, 0) is 11.1 Å². The number of anilines is 1. The first-order valence-electron chi connectivity index (χ1n) is 14.0. The van der Waals surface area contributed by atoms with E-state index in [0.29, 0.717) is 51.3 Å². The van der Waals surface area contributed by atoms with Gasteiger partial charge < -0.3 is 24.9 Å². The standard InChI is InChI=1S/C31H29FN6O4S/c1-30(38-15-34-35-16-38)14-42-28-21(30)13-25(36-26(28)17-3-7-20(32)8-4-17)31(40,19-5-6-19)10-9-22(39)18-11-23(41-2)27-24(12-18)43-29(33)37-27/h3-4,7-8,11-13,15-16,19,40H,5-6,9-10,14H2,1-2H3,(H2,33,37)/t30-,31+/m0/s1. The van der Waals surface area contributed by atoms with E-state index in [1.54, 1.807) is 36.9 Å². The van der Waals surface area contributed by atoms with Gasteiger partial charge >= 0.3 is 0 Å². The molecule has 7 rings (SSSR count). The van der Waals surface area contributed by atoms with E-state index in [9.17, 15) is 14.3 Å². The number of methoxy groups -OCH3 is 1. The molecule has 1 fully saturated rings. The van der Waals surface area contributed by atoms with Gasteiger partial charge in [-0.1, -0.05) is 11.3 Å². The number of carbonyl (C=O) groups is 1. The molecular weight excluding hydrogens is 571 g/mol. The van der Waals surface area contributed by atoms with Crippen LogP contribution in [-0.4, -0.2) is 49.3 Å². The van der Waals surface area contributed by atoms with Crippen molar-refractivity contribution in [2.45, 2.75) is 43.7 Å². The summed E-state index contributed by atoms with van der Waals surface area (Å²) < 4.78 is 28.2. The van der Waals surface area contributed by atoms with Crippen molar-refractivity contribution in [1.29, 1.82) is 0 Å². The number of ether oxygens (including phenoxy) is 2. The van der Waals surface area contributed by atoms with E-state index in [1.165, 1.54) is 30.6 Å². The van der Waals surface area contributed by atoms with Crippen LogP contribution in [0.2, 0.25) is 0 Å². The summed E-state index contributed by atoms with van der Waals surface area (Å²) in [6.07, 6.45) is 5.14. The Hall–Kier alpha value is -4.42. The van der Waals surface area contributed by atoms with Crippen LogP contribution in [0.3, 0.4) is 0 Å². The molecule has 0 radical (unpaired) electrons. The monoisotopic (exact) mass is 600 g/mol. The van der Waals surface area contributed by atoms with Crippen molar-refractivity contribution >= 4 is 32.5 Å². The molecule has 2 atom stereocenters. The molecule has 3 aromatic heterocycles. The number of rotatable bonds is 9. The van der Waals surface area contributed by atoms with Crippen molar-refractivity contribution in [3.05, 3.63) is 77.8 Å². The number of hydrogen-bond donors (Lipinski definition) is 2. The summed E-state index contributed by atoms with van der Waals surface area (Å²) in [5.74, 6) is 0.474. The molecule has 1 aliphatic heterocycles. The van der Waals surface area contributed by atoms with E-state index >= 15 is 0 Å². The molecular formula is C31H29FN6O4S. The fourth-order valence-electron chi connectivity index (χ4n) is 5.95. The van der Waals surface area contributed by atoms with Crippen molar-refractivity contribution in [1.82, 2.24) is 24.7 Å². The summed E-state index contributed by atoms with van der Waals surface area (Å²) >= 11 is 1.29. The Morgan fingerprint density at radius 1 is 1.21 bits per heavy atom. The highest BCUT2D eigenvalue weighted by molar-refractivity contribution is 7.22. The van der Waals surface area contributed by atoms with Crippen LogP contribution in [0.4, 0.5) is 9.52 Å². The van der Waals surface area contributed by atoms with Gasteiger partial charge in [0.2, 0.25) is 0 Å². The highest BCUT2D eigenvalue weighted by Crippen LogP contribution is 2.52. The molecule has 43 heavy (non-hydrogen) atoms. The number of hydrogen-bond acceptors (Lipinski definition) is 10. The first kappa shape index (κ1) is 27.4. The Balaban J connectivity index is 1.29. The van der Waals surface area contributed by atoms with Crippen LogP contribution < -0.4 is 15.2 Å². The first-order chi connectivity index (χ1) is 20.7. The number of fused-ring (bicyclic) bond motifs is 2. The van der Waals surface area contributed by atoms with E-state index in [-0.39, 0.29) is 30.4 Å². The molecule has 3 N–H and O–H groups in total. The topological polar surface area (TPSA) is 138 Å². The van der Waals surface area contributed by atoms with Crippen molar-refractivity contribution in [2.75, 3.05) is 19.5 Å². The van der Waals surface area contributed by atoms with Gasteiger partial charge in [-0.3, -0.25) is 4.79 Å². The number of thiazole rings is 1. The van der Waals surface area contributed by atoms with Crippen molar-refractivity contribution in [3.63, 3.8) is 0 Å². The molecule has 4 heterocycles. The number of pyridine rings is 1. The summed E-state index contributed by atoms with van der Waals surface area (Å²) in [5, 5.41) is 20.7. The Kier molecular flexibility index (Phi) is 6.44. The lowest BCUT2D eigenvalue weighted by Gasteiger charge is -2.30. The lowest BCUT2D eigenvalue weighted by atomic mass is 9.83. The zero-order valence-corrected chi connectivity index (χ0v) is 24.4.